The van der Waals surface area contributed by atoms with Gasteiger partial charge in [0, 0.05) is 0 Å². The van der Waals surface area contributed by atoms with Gasteiger partial charge in [-0.2, -0.15) is 0 Å². The van der Waals surface area contributed by atoms with Crippen molar-refractivity contribution in [3.63, 3.8) is 0 Å². The van der Waals surface area contributed by atoms with Crippen LogP contribution < -0.4 is 0 Å². The number of hydrogen-bond acceptors (Lipinski definition) is 0. The van der Waals surface area contributed by atoms with Crippen LogP contribution in [0.15, 0.2) is 30.3 Å². The normalized spacial score (nSPS) is 9.80. The van der Waals surface area contributed by atoms with E-state index >= 15 is 0 Å². The first-order chi connectivity index (χ1) is 4.93. The summed E-state index contributed by atoms with van der Waals surface area (Å²) in [6.45, 7) is 0. The van der Waals surface area contributed by atoms with Crippen molar-refractivity contribution in [2.24, 2.45) is 0 Å². The van der Waals surface area contributed by atoms with E-state index in [0.29, 0.717) is 0 Å². The molecule has 1 rings (SSSR count). The van der Waals surface area contributed by atoms with Crippen LogP contribution in [0.5, 0.6) is 0 Å². The molecule has 0 heterocycles. The van der Waals surface area contributed by atoms with Crippen molar-refractivity contribution in [3.8, 4) is 0 Å². The molecule has 0 radical (unpaired) electrons. The van der Waals surface area contributed by atoms with Gasteiger partial charge >= 0.3 is 78.8 Å². The molecule has 1 heteroatoms. The molecule has 10 heavy (non-hydrogen) atoms. The van der Waals surface area contributed by atoms with Gasteiger partial charge in [0.1, 0.15) is 0 Å². The molecule has 0 fully saturated rings. The summed E-state index contributed by atoms with van der Waals surface area (Å²) in [6, 6.07) is 10.7. The molecule has 0 aliphatic heterocycles. The summed E-state index contributed by atoms with van der Waals surface area (Å²) < 4.78 is 1.48. The summed E-state index contributed by atoms with van der Waals surface area (Å²) in [4.78, 5) is 0. The van der Waals surface area contributed by atoms with E-state index < -0.39 is 0 Å². The van der Waals surface area contributed by atoms with Crippen molar-refractivity contribution in [2.75, 3.05) is 0 Å². The quantitative estimate of drug-likeness (QED) is 0.751. The molecule has 0 N–H and O–H groups in total. The molecule has 0 amide bonds. The average molecular weight is 320 g/mol. The Morgan fingerprint density at radius 3 is 2.40 bits per heavy atom. The molecule has 0 atom stereocenters. The van der Waals surface area contributed by atoms with Crippen molar-refractivity contribution >= 4 is 0 Å². The van der Waals surface area contributed by atoms with Crippen molar-refractivity contribution in [3.05, 3.63) is 35.9 Å². The van der Waals surface area contributed by atoms with Crippen LogP contribution in [-0.2, 0) is 32.5 Å². The first kappa shape index (κ1) is 8.25. The molecule has 0 saturated heterocycles. The third kappa shape index (κ3) is 2.83. The molecule has 0 unspecified atom stereocenters. The summed E-state index contributed by atoms with van der Waals surface area (Å²) in [5, 5.41) is 0. The van der Waals surface area contributed by atoms with Gasteiger partial charge < -0.3 is 0 Å². The summed E-state index contributed by atoms with van der Waals surface area (Å²) in [6.07, 6.45) is 2.68. The molecule has 0 spiro atoms. The van der Waals surface area contributed by atoms with Gasteiger partial charge in [0.15, 0.2) is 0 Å². The number of benzene rings is 1. The average Bonchev–Trinajstić information content (AvgIpc) is 2.03. The summed E-state index contributed by atoms with van der Waals surface area (Å²) in [5.41, 5.74) is 1.49. The molecule has 0 bridgehead atoms. The Hall–Kier alpha value is 0.155. The van der Waals surface area contributed by atoms with Gasteiger partial charge in [-0.3, -0.25) is 0 Å². The van der Waals surface area contributed by atoms with E-state index in [0.717, 1.165) is 26.1 Å². The van der Waals surface area contributed by atoms with E-state index in [9.17, 15) is 0 Å². The fourth-order valence-corrected chi connectivity index (χ4v) is 1.95. The zero-order valence-electron chi connectivity index (χ0n) is 6.22. The SMILES string of the molecule is [Hg][CH2]CCc1ccccc1. The van der Waals surface area contributed by atoms with Crippen molar-refractivity contribution < 1.29 is 26.1 Å². The van der Waals surface area contributed by atoms with Crippen LogP contribution in [0.3, 0.4) is 0 Å². The molecule has 0 nitrogen and oxygen atoms in total. The van der Waals surface area contributed by atoms with Crippen molar-refractivity contribution in [2.45, 2.75) is 16.8 Å². The predicted octanol–water partition coefficient (Wildman–Crippen LogP) is 2.58. The fraction of sp³-hybridized carbons (Fsp3) is 0.333. The molecular formula is C9H11Hg. The second kappa shape index (κ2) is 4.89. The Bertz CT molecular complexity index is 169. The van der Waals surface area contributed by atoms with E-state index in [1.54, 1.807) is 0 Å². The van der Waals surface area contributed by atoms with Gasteiger partial charge in [0.25, 0.3) is 0 Å². The topological polar surface area (TPSA) is 0 Å². The van der Waals surface area contributed by atoms with Crippen LogP contribution in [0, 0.1) is 0 Å². The Morgan fingerprint density at radius 2 is 1.80 bits per heavy atom. The van der Waals surface area contributed by atoms with Gasteiger partial charge in [-0.15, -0.1) is 0 Å². The van der Waals surface area contributed by atoms with Gasteiger partial charge in [0.05, 0.1) is 0 Å². The van der Waals surface area contributed by atoms with E-state index in [-0.39, 0.29) is 0 Å². The third-order valence-electron chi connectivity index (χ3n) is 1.56. The fourth-order valence-electron chi connectivity index (χ4n) is 0.974. The second-order valence-electron chi connectivity index (χ2n) is 2.44. The maximum absolute atomic E-state index is 2.21. The van der Waals surface area contributed by atoms with Gasteiger partial charge in [-0.05, 0) is 0 Å². The van der Waals surface area contributed by atoms with Crippen LogP contribution >= 0.6 is 0 Å². The Morgan fingerprint density at radius 1 is 1.10 bits per heavy atom. The zero-order valence-corrected chi connectivity index (χ0v) is 11.7. The van der Waals surface area contributed by atoms with E-state index in [1.165, 1.54) is 22.3 Å². The summed E-state index contributed by atoms with van der Waals surface area (Å²) >= 11 is 1.000. The number of aryl methyl sites for hydroxylation is 1. The molecule has 0 aliphatic rings. The van der Waals surface area contributed by atoms with Crippen LogP contribution in [0.4, 0.5) is 0 Å². The molecule has 1 aromatic rings. The Balaban J connectivity index is 2.43. The van der Waals surface area contributed by atoms with Gasteiger partial charge in [-0.1, -0.05) is 0 Å². The third-order valence-corrected chi connectivity index (χ3v) is 3.50. The van der Waals surface area contributed by atoms with E-state index in [2.05, 4.69) is 30.3 Å². The molecule has 1 aromatic carbocycles. The molecule has 0 aliphatic carbocycles. The minimum atomic E-state index is 1.000. The number of rotatable bonds is 3. The molecule has 0 saturated carbocycles. The summed E-state index contributed by atoms with van der Waals surface area (Å²) in [5.74, 6) is 0. The van der Waals surface area contributed by atoms with Crippen LogP contribution in [0.1, 0.15) is 12.0 Å². The Kier molecular flexibility index (Phi) is 4.04. The predicted molar refractivity (Wildman–Crippen MR) is 39.6 cm³/mol. The minimum absolute atomic E-state index is 1.000. The first-order valence-corrected chi connectivity index (χ1v) is 7.65. The maximum atomic E-state index is 2.21. The Labute approximate surface area is 78.6 Å². The standard InChI is InChI=1S/C9H11.Hg/c1-2-6-9-7-4-3-5-8-9;/h3-5,7-8H,1-2,6H2;. The van der Waals surface area contributed by atoms with Gasteiger partial charge in [-0.25, -0.2) is 0 Å². The van der Waals surface area contributed by atoms with Crippen LogP contribution in [0.2, 0.25) is 3.93 Å². The zero-order chi connectivity index (χ0) is 7.23. The van der Waals surface area contributed by atoms with E-state index in [1.807, 2.05) is 0 Å². The summed E-state index contributed by atoms with van der Waals surface area (Å²) in [7, 11) is 0. The van der Waals surface area contributed by atoms with Crippen molar-refractivity contribution in [1.29, 1.82) is 0 Å². The van der Waals surface area contributed by atoms with Crippen LogP contribution in [0.25, 0.3) is 0 Å². The molecule has 49 valence electrons. The second-order valence-corrected chi connectivity index (χ2v) is 5.19. The van der Waals surface area contributed by atoms with Gasteiger partial charge in [0.2, 0.25) is 0 Å². The van der Waals surface area contributed by atoms with Crippen molar-refractivity contribution in [1.82, 2.24) is 0 Å². The monoisotopic (exact) mass is 321 g/mol. The first-order valence-electron chi connectivity index (χ1n) is 3.76. The number of hydrogen-bond donors (Lipinski definition) is 0. The molecular weight excluding hydrogens is 309 g/mol. The van der Waals surface area contributed by atoms with Crippen LogP contribution in [-0.4, -0.2) is 0 Å². The van der Waals surface area contributed by atoms with E-state index in [4.69, 9.17) is 0 Å². The molecule has 0 aromatic heterocycles.